The first-order chi connectivity index (χ1) is 9.02. The Morgan fingerprint density at radius 1 is 1.37 bits per heavy atom. The third-order valence-electron chi connectivity index (χ3n) is 3.23. The molecule has 1 heterocycles. The molecule has 1 aromatic carbocycles. The van der Waals surface area contributed by atoms with Gasteiger partial charge >= 0.3 is 5.97 Å². The Hall–Kier alpha value is -1.62. The molecule has 1 aromatic rings. The summed E-state index contributed by atoms with van der Waals surface area (Å²) in [6.45, 7) is 0.321. The second-order valence-corrected chi connectivity index (χ2v) is 4.86. The molecule has 6 heteroatoms. The first-order valence-corrected chi connectivity index (χ1v) is 6.38. The lowest BCUT2D eigenvalue weighted by atomic mass is 10.0. The summed E-state index contributed by atoms with van der Waals surface area (Å²) in [6, 6.07) is 3.24. The van der Waals surface area contributed by atoms with Crippen molar-refractivity contribution >= 4 is 23.5 Å². The number of nitrogens with zero attached hydrogens (tertiary/aromatic N) is 1. The number of aliphatic carboxylic acids is 1. The number of carboxylic acid groups (broad SMARTS) is 1. The predicted molar refractivity (Wildman–Crippen MR) is 67.7 cm³/mol. The molecular weight excluding hydrogens is 273 g/mol. The van der Waals surface area contributed by atoms with Crippen LogP contribution in [0.2, 0.25) is 5.02 Å². The molecule has 0 aromatic heterocycles. The van der Waals surface area contributed by atoms with Gasteiger partial charge in [-0.05, 0) is 31.4 Å². The summed E-state index contributed by atoms with van der Waals surface area (Å²) in [5.74, 6) is -2.48. The van der Waals surface area contributed by atoms with E-state index >= 15 is 0 Å². The fraction of sp³-hybridized carbons (Fsp3) is 0.385. The Labute approximate surface area is 114 Å². The molecule has 0 saturated carbocycles. The van der Waals surface area contributed by atoms with Crippen LogP contribution in [0.15, 0.2) is 18.2 Å². The van der Waals surface area contributed by atoms with Crippen molar-refractivity contribution in [3.05, 3.63) is 34.6 Å². The van der Waals surface area contributed by atoms with E-state index in [0.29, 0.717) is 13.0 Å². The standard InChI is InChI=1S/C13H13ClFNO3/c14-9-5-3-4-8(11(9)15)12(17)16-7-2-1-6-10(16)13(18)19/h3-5,10H,1-2,6-7H2,(H,18,19). The number of likely N-dealkylation sites (tertiary alicyclic amines) is 1. The number of halogens is 2. The van der Waals surface area contributed by atoms with Gasteiger partial charge in [0.2, 0.25) is 0 Å². The summed E-state index contributed by atoms with van der Waals surface area (Å²) in [4.78, 5) is 24.6. The average Bonchev–Trinajstić information content (AvgIpc) is 2.41. The summed E-state index contributed by atoms with van der Waals surface area (Å²) in [6.07, 6.45) is 1.86. The lowest BCUT2D eigenvalue weighted by Crippen LogP contribution is -2.48. The van der Waals surface area contributed by atoms with E-state index in [2.05, 4.69) is 0 Å². The normalized spacial score (nSPS) is 19.3. The van der Waals surface area contributed by atoms with Gasteiger partial charge in [0.15, 0.2) is 5.82 Å². The van der Waals surface area contributed by atoms with Crippen LogP contribution in [0.1, 0.15) is 29.6 Å². The molecule has 1 amide bonds. The van der Waals surface area contributed by atoms with Gasteiger partial charge in [0.1, 0.15) is 6.04 Å². The number of hydrogen-bond acceptors (Lipinski definition) is 2. The Morgan fingerprint density at radius 3 is 2.79 bits per heavy atom. The van der Waals surface area contributed by atoms with Gasteiger partial charge in [0.05, 0.1) is 10.6 Å². The molecule has 0 radical (unpaired) electrons. The van der Waals surface area contributed by atoms with Crippen molar-refractivity contribution in [3.63, 3.8) is 0 Å². The van der Waals surface area contributed by atoms with Crippen LogP contribution >= 0.6 is 11.6 Å². The van der Waals surface area contributed by atoms with Gasteiger partial charge < -0.3 is 10.0 Å². The zero-order chi connectivity index (χ0) is 14.0. The van der Waals surface area contributed by atoms with E-state index in [0.717, 1.165) is 12.8 Å². The molecule has 0 aliphatic carbocycles. The molecular formula is C13H13ClFNO3. The van der Waals surface area contributed by atoms with E-state index in [1.165, 1.54) is 23.1 Å². The second kappa shape index (κ2) is 5.57. The smallest absolute Gasteiger partial charge is 0.326 e. The number of carbonyl (C=O) groups excluding carboxylic acids is 1. The summed E-state index contributed by atoms with van der Waals surface area (Å²) in [5.41, 5.74) is -0.180. The lowest BCUT2D eigenvalue weighted by Gasteiger charge is -2.33. The van der Waals surface area contributed by atoms with Crippen LogP contribution in [0.25, 0.3) is 0 Å². The quantitative estimate of drug-likeness (QED) is 0.908. The van der Waals surface area contributed by atoms with Crippen LogP contribution in [0.5, 0.6) is 0 Å². The van der Waals surface area contributed by atoms with Gasteiger partial charge in [-0.25, -0.2) is 9.18 Å². The van der Waals surface area contributed by atoms with Crippen molar-refractivity contribution in [2.45, 2.75) is 25.3 Å². The van der Waals surface area contributed by atoms with Crippen molar-refractivity contribution < 1.29 is 19.1 Å². The van der Waals surface area contributed by atoms with Crippen molar-refractivity contribution in [3.8, 4) is 0 Å². The van der Waals surface area contributed by atoms with Gasteiger partial charge in [0.25, 0.3) is 5.91 Å². The molecule has 1 fully saturated rings. The SMILES string of the molecule is O=C(O)C1CCCCN1C(=O)c1cccc(Cl)c1F. The average molecular weight is 286 g/mol. The monoisotopic (exact) mass is 285 g/mol. The molecule has 4 nitrogen and oxygen atoms in total. The summed E-state index contributed by atoms with van der Waals surface area (Å²) in [7, 11) is 0. The van der Waals surface area contributed by atoms with Gasteiger partial charge in [-0.1, -0.05) is 17.7 Å². The molecule has 1 atom stereocenters. The zero-order valence-electron chi connectivity index (χ0n) is 10.1. The molecule has 19 heavy (non-hydrogen) atoms. The molecule has 1 N–H and O–H groups in total. The Morgan fingerprint density at radius 2 is 2.11 bits per heavy atom. The third kappa shape index (κ3) is 2.71. The number of piperidine rings is 1. The van der Waals surface area contributed by atoms with E-state index < -0.39 is 23.7 Å². The van der Waals surface area contributed by atoms with Crippen molar-refractivity contribution in [1.82, 2.24) is 4.90 Å². The summed E-state index contributed by atoms with van der Waals surface area (Å²) in [5, 5.41) is 8.97. The van der Waals surface area contributed by atoms with E-state index in [4.69, 9.17) is 16.7 Å². The van der Waals surface area contributed by atoms with E-state index in [-0.39, 0.29) is 10.6 Å². The van der Waals surface area contributed by atoms with Crippen molar-refractivity contribution in [1.29, 1.82) is 0 Å². The van der Waals surface area contributed by atoms with Gasteiger partial charge in [-0.3, -0.25) is 4.79 Å². The maximum absolute atomic E-state index is 13.8. The molecule has 0 spiro atoms. The topological polar surface area (TPSA) is 57.6 Å². The Bertz CT molecular complexity index is 521. The number of hydrogen-bond donors (Lipinski definition) is 1. The largest absolute Gasteiger partial charge is 0.480 e. The lowest BCUT2D eigenvalue weighted by molar-refractivity contribution is -0.143. The van der Waals surface area contributed by atoms with E-state index in [9.17, 15) is 14.0 Å². The first-order valence-electron chi connectivity index (χ1n) is 6.00. The molecule has 1 unspecified atom stereocenters. The fourth-order valence-electron chi connectivity index (χ4n) is 2.26. The molecule has 1 aliphatic heterocycles. The first kappa shape index (κ1) is 13.8. The predicted octanol–water partition coefficient (Wildman–Crippen LogP) is 2.56. The minimum Gasteiger partial charge on any atom is -0.480 e. The molecule has 1 saturated heterocycles. The third-order valence-corrected chi connectivity index (χ3v) is 3.52. The molecule has 2 rings (SSSR count). The zero-order valence-corrected chi connectivity index (χ0v) is 10.9. The highest BCUT2D eigenvalue weighted by atomic mass is 35.5. The van der Waals surface area contributed by atoms with Crippen LogP contribution < -0.4 is 0 Å². The van der Waals surface area contributed by atoms with Gasteiger partial charge in [-0.2, -0.15) is 0 Å². The number of carboxylic acids is 1. The molecule has 1 aliphatic rings. The number of rotatable bonds is 2. The molecule has 0 bridgehead atoms. The molecule has 102 valence electrons. The van der Waals surface area contributed by atoms with Crippen LogP contribution in [0.3, 0.4) is 0 Å². The fourth-order valence-corrected chi connectivity index (χ4v) is 2.43. The van der Waals surface area contributed by atoms with Gasteiger partial charge in [0, 0.05) is 6.54 Å². The Balaban J connectivity index is 2.31. The van der Waals surface area contributed by atoms with Crippen LogP contribution in [-0.4, -0.2) is 34.5 Å². The minimum absolute atomic E-state index is 0.144. The van der Waals surface area contributed by atoms with Crippen LogP contribution in [-0.2, 0) is 4.79 Å². The maximum atomic E-state index is 13.8. The van der Waals surface area contributed by atoms with E-state index in [1.807, 2.05) is 0 Å². The second-order valence-electron chi connectivity index (χ2n) is 4.45. The van der Waals surface area contributed by atoms with Crippen molar-refractivity contribution in [2.75, 3.05) is 6.54 Å². The van der Waals surface area contributed by atoms with Crippen molar-refractivity contribution in [2.24, 2.45) is 0 Å². The minimum atomic E-state index is -1.06. The highest BCUT2D eigenvalue weighted by Crippen LogP contribution is 2.23. The van der Waals surface area contributed by atoms with Gasteiger partial charge in [-0.15, -0.1) is 0 Å². The highest BCUT2D eigenvalue weighted by Gasteiger charge is 2.33. The number of carbonyl (C=O) groups is 2. The highest BCUT2D eigenvalue weighted by molar-refractivity contribution is 6.31. The summed E-state index contributed by atoms with van der Waals surface area (Å²) >= 11 is 5.63. The van der Waals surface area contributed by atoms with Crippen LogP contribution in [0, 0.1) is 5.82 Å². The van der Waals surface area contributed by atoms with Crippen LogP contribution in [0.4, 0.5) is 4.39 Å². The van der Waals surface area contributed by atoms with E-state index in [1.54, 1.807) is 0 Å². The number of amides is 1. The Kier molecular flexibility index (Phi) is 4.04. The summed E-state index contributed by atoms with van der Waals surface area (Å²) < 4.78 is 13.8. The maximum Gasteiger partial charge on any atom is 0.326 e. The number of benzene rings is 1.